The standard InChI is InChI=1S/C13H23N5O2.HI/c1-14-13(15-8-11(19)16(2)3)17-6-7-18(10-4-5-10)12(20)9-17;/h10H,4-9H2,1-3H3,(H,14,15);1H. The Kier molecular flexibility index (Phi) is 6.69. The van der Waals surface area contributed by atoms with Gasteiger partial charge in [-0.15, -0.1) is 24.0 Å². The lowest BCUT2D eigenvalue weighted by molar-refractivity contribution is -0.135. The zero-order chi connectivity index (χ0) is 14.7. The molecular formula is C13H24IN5O2. The maximum atomic E-state index is 12.1. The van der Waals surface area contributed by atoms with E-state index >= 15 is 0 Å². The fourth-order valence-corrected chi connectivity index (χ4v) is 2.28. The van der Waals surface area contributed by atoms with Gasteiger partial charge in [0.2, 0.25) is 11.8 Å². The van der Waals surface area contributed by atoms with Crippen molar-refractivity contribution in [2.45, 2.75) is 18.9 Å². The molecule has 1 saturated carbocycles. The van der Waals surface area contributed by atoms with E-state index in [2.05, 4.69) is 10.3 Å². The third kappa shape index (κ3) is 4.72. The molecule has 0 atom stereocenters. The molecule has 2 aliphatic rings. The summed E-state index contributed by atoms with van der Waals surface area (Å²) in [5, 5.41) is 3.01. The summed E-state index contributed by atoms with van der Waals surface area (Å²) in [5.41, 5.74) is 0. The molecule has 120 valence electrons. The molecule has 1 heterocycles. The van der Waals surface area contributed by atoms with Crippen molar-refractivity contribution in [2.75, 3.05) is 47.3 Å². The van der Waals surface area contributed by atoms with Crippen LogP contribution in [0.4, 0.5) is 0 Å². The van der Waals surface area contributed by atoms with Gasteiger partial charge < -0.3 is 20.0 Å². The highest BCUT2D eigenvalue weighted by Crippen LogP contribution is 2.27. The molecule has 8 heteroatoms. The zero-order valence-corrected chi connectivity index (χ0v) is 15.2. The van der Waals surface area contributed by atoms with Crippen molar-refractivity contribution in [3.8, 4) is 0 Å². The van der Waals surface area contributed by atoms with Crippen molar-refractivity contribution < 1.29 is 9.59 Å². The maximum absolute atomic E-state index is 12.1. The molecule has 0 aromatic carbocycles. The number of carbonyl (C=O) groups is 2. The van der Waals surface area contributed by atoms with Crippen molar-refractivity contribution in [2.24, 2.45) is 4.99 Å². The first kappa shape index (κ1) is 18.0. The average molecular weight is 409 g/mol. The maximum Gasteiger partial charge on any atom is 0.242 e. The van der Waals surface area contributed by atoms with E-state index in [0.717, 1.165) is 25.9 Å². The summed E-state index contributed by atoms with van der Waals surface area (Å²) >= 11 is 0. The number of halogens is 1. The zero-order valence-electron chi connectivity index (χ0n) is 12.8. The number of nitrogens with zero attached hydrogens (tertiary/aromatic N) is 4. The van der Waals surface area contributed by atoms with Crippen LogP contribution < -0.4 is 5.32 Å². The van der Waals surface area contributed by atoms with Crippen LogP contribution in [0.1, 0.15) is 12.8 Å². The Labute approximate surface area is 142 Å². The number of hydrogen-bond acceptors (Lipinski definition) is 3. The summed E-state index contributed by atoms with van der Waals surface area (Å²) < 4.78 is 0. The van der Waals surface area contributed by atoms with Gasteiger partial charge in [0.1, 0.15) is 0 Å². The number of nitrogens with one attached hydrogen (secondary N) is 1. The fourth-order valence-electron chi connectivity index (χ4n) is 2.28. The Balaban J connectivity index is 0.00000220. The molecule has 1 aliphatic carbocycles. The molecule has 0 aromatic heterocycles. The van der Waals surface area contributed by atoms with Gasteiger partial charge in [0.05, 0.1) is 13.1 Å². The normalized spacial score (nSPS) is 19.2. The number of amides is 2. The smallest absolute Gasteiger partial charge is 0.242 e. The van der Waals surface area contributed by atoms with E-state index in [9.17, 15) is 9.59 Å². The van der Waals surface area contributed by atoms with E-state index in [-0.39, 0.29) is 42.3 Å². The SMILES string of the molecule is CN=C(NCC(=O)N(C)C)N1CCN(C2CC2)C(=O)C1.I. The van der Waals surface area contributed by atoms with Gasteiger partial charge in [-0.05, 0) is 12.8 Å². The lowest BCUT2D eigenvalue weighted by Crippen LogP contribution is -2.56. The summed E-state index contributed by atoms with van der Waals surface area (Å²) in [6.45, 7) is 2.03. The molecule has 0 bridgehead atoms. The molecule has 2 fully saturated rings. The van der Waals surface area contributed by atoms with Gasteiger partial charge in [-0.3, -0.25) is 14.6 Å². The second-order valence-corrected chi connectivity index (χ2v) is 5.43. The van der Waals surface area contributed by atoms with Crippen LogP contribution in [0.5, 0.6) is 0 Å². The van der Waals surface area contributed by atoms with Crippen LogP contribution in [-0.4, -0.2) is 85.8 Å². The van der Waals surface area contributed by atoms with E-state index in [1.807, 2.05) is 9.80 Å². The van der Waals surface area contributed by atoms with Gasteiger partial charge in [-0.1, -0.05) is 0 Å². The minimum Gasteiger partial charge on any atom is -0.347 e. The van der Waals surface area contributed by atoms with Crippen molar-refractivity contribution in [1.82, 2.24) is 20.0 Å². The van der Waals surface area contributed by atoms with Crippen LogP contribution in [0.3, 0.4) is 0 Å². The van der Waals surface area contributed by atoms with Crippen LogP contribution >= 0.6 is 24.0 Å². The third-order valence-corrected chi connectivity index (χ3v) is 3.65. The highest BCUT2D eigenvalue weighted by Gasteiger charge is 2.36. The van der Waals surface area contributed by atoms with E-state index in [1.54, 1.807) is 21.1 Å². The minimum atomic E-state index is -0.0194. The molecule has 1 saturated heterocycles. The Morgan fingerprint density at radius 3 is 2.52 bits per heavy atom. The first-order valence-corrected chi connectivity index (χ1v) is 6.98. The molecule has 0 spiro atoms. The Bertz CT molecular complexity index is 423. The van der Waals surface area contributed by atoms with E-state index < -0.39 is 0 Å². The first-order chi connectivity index (χ1) is 9.52. The topological polar surface area (TPSA) is 68.2 Å². The van der Waals surface area contributed by atoms with Gasteiger partial charge in [0, 0.05) is 40.3 Å². The molecule has 1 aliphatic heterocycles. The quantitative estimate of drug-likeness (QED) is 0.391. The molecule has 0 radical (unpaired) electrons. The average Bonchev–Trinajstić information content (AvgIpc) is 3.23. The fraction of sp³-hybridized carbons (Fsp3) is 0.769. The molecule has 7 nitrogen and oxygen atoms in total. The number of likely N-dealkylation sites (N-methyl/N-ethyl adjacent to an activating group) is 1. The lowest BCUT2D eigenvalue weighted by Gasteiger charge is -2.36. The molecule has 2 amide bonds. The predicted octanol–water partition coefficient (Wildman–Crippen LogP) is -0.425. The van der Waals surface area contributed by atoms with Crippen LogP contribution in [0.2, 0.25) is 0 Å². The number of carbonyl (C=O) groups excluding carboxylic acids is 2. The van der Waals surface area contributed by atoms with Crippen LogP contribution in [0.25, 0.3) is 0 Å². The Hall–Kier alpha value is -1.06. The third-order valence-electron chi connectivity index (χ3n) is 3.65. The molecule has 2 rings (SSSR count). The molecule has 21 heavy (non-hydrogen) atoms. The number of piperazine rings is 1. The number of rotatable bonds is 3. The predicted molar refractivity (Wildman–Crippen MR) is 91.8 cm³/mol. The monoisotopic (exact) mass is 409 g/mol. The van der Waals surface area contributed by atoms with Crippen LogP contribution in [0, 0.1) is 0 Å². The minimum absolute atomic E-state index is 0. The summed E-state index contributed by atoms with van der Waals surface area (Å²) in [5.74, 6) is 0.749. The summed E-state index contributed by atoms with van der Waals surface area (Å²) in [7, 11) is 5.09. The molecule has 1 N–H and O–H groups in total. The number of guanidine groups is 1. The largest absolute Gasteiger partial charge is 0.347 e. The summed E-state index contributed by atoms with van der Waals surface area (Å²) in [6, 6.07) is 0.468. The highest BCUT2D eigenvalue weighted by atomic mass is 127. The Morgan fingerprint density at radius 1 is 1.38 bits per heavy atom. The van der Waals surface area contributed by atoms with Crippen molar-refractivity contribution >= 4 is 41.8 Å². The summed E-state index contributed by atoms with van der Waals surface area (Å²) in [6.07, 6.45) is 2.27. The van der Waals surface area contributed by atoms with Gasteiger partial charge in [-0.25, -0.2) is 0 Å². The van der Waals surface area contributed by atoms with Gasteiger partial charge in [0.15, 0.2) is 5.96 Å². The van der Waals surface area contributed by atoms with Crippen molar-refractivity contribution in [3.05, 3.63) is 0 Å². The van der Waals surface area contributed by atoms with Gasteiger partial charge in [-0.2, -0.15) is 0 Å². The number of hydrogen-bond donors (Lipinski definition) is 1. The number of aliphatic imine (C=N–C) groups is 1. The van der Waals surface area contributed by atoms with Crippen LogP contribution in [0.15, 0.2) is 4.99 Å². The highest BCUT2D eigenvalue weighted by molar-refractivity contribution is 14.0. The van der Waals surface area contributed by atoms with E-state index in [0.29, 0.717) is 18.5 Å². The second-order valence-electron chi connectivity index (χ2n) is 5.43. The van der Waals surface area contributed by atoms with Gasteiger partial charge in [0.25, 0.3) is 0 Å². The second kappa shape index (κ2) is 7.81. The molecular weight excluding hydrogens is 385 g/mol. The molecule has 0 unspecified atom stereocenters. The Morgan fingerprint density at radius 2 is 2.05 bits per heavy atom. The van der Waals surface area contributed by atoms with Crippen molar-refractivity contribution in [3.63, 3.8) is 0 Å². The van der Waals surface area contributed by atoms with Crippen LogP contribution in [-0.2, 0) is 9.59 Å². The first-order valence-electron chi connectivity index (χ1n) is 6.98. The summed E-state index contributed by atoms with van der Waals surface area (Å²) in [4.78, 5) is 33.2. The lowest BCUT2D eigenvalue weighted by atomic mass is 10.3. The van der Waals surface area contributed by atoms with Crippen molar-refractivity contribution in [1.29, 1.82) is 0 Å². The van der Waals surface area contributed by atoms with E-state index in [1.165, 1.54) is 4.90 Å². The van der Waals surface area contributed by atoms with E-state index in [4.69, 9.17) is 0 Å². The van der Waals surface area contributed by atoms with Gasteiger partial charge >= 0.3 is 0 Å². The molecule has 0 aromatic rings.